The second-order valence-electron chi connectivity index (χ2n) is 7.37. The third kappa shape index (κ3) is 7.16. The number of carbonyl (C=O) groups is 3. The highest BCUT2D eigenvalue weighted by Gasteiger charge is 2.13. The Labute approximate surface area is 202 Å². The Morgan fingerprint density at radius 1 is 0.886 bits per heavy atom. The Kier molecular flexibility index (Phi) is 8.55. The molecule has 0 heterocycles. The first kappa shape index (κ1) is 25.0. The molecule has 0 radical (unpaired) electrons. The van der Waals surface area contributed by atoms with Gasteiger partial charge in [0.15, 0.2) is 11.5 Å². The summed E-state index contributed by atoms with van der Waals surface area (Å²) in [5.41, 5.74) is 4.76. The van der Waals surface area contributed by atoms with Crippen LogP contribution in [0.2, 0.25) is 0 Å². The molecule has 9 nitrogen and oxygen atoms in total. The number of aryl methyl sites for hydroxylation is 1. The molecule has 9 heteroatoms. The van der Waals surface area contributed by atoms with Crippen molar-refractivity contribution in [3.05, 3.63) is 89.0 Å². The highest BCUT2D eigenvalue weighted by Crippen LogP contribution is 2.28. The summed E-state index contributed by atoms with van der Waals surface area (Å²) >= 11 is 0. The smallest absolute Gasteiger partial charge is 0.343 e. The maximum absolute atomic E-state index is 12.4. The van der Waals surface area contributed by atoms with E-state index in [9.17, 15) is 14.4 Å². The van der Waals surface area contributed by atoms with Crippen LogP contribution in [0.4, 0.5) is 0 Å². The molecule has 0 spiro atoms. The summed E-state index contributed by atoms with van der Waals surface area (Å²) in [5.74, 6) is -0.0929. The summed E-state index contributed by atoms with van der Waals surface area (Å²) in [5, 5.41) is 6.41. The van der Waals surface area contributed by atoms with Crippen molar-refractivity contribution in [2.24, 2.45) is 5.10 Å². The number of amides is 2. The normalized spacial score (nSPS) is 10.5. The summed E-state index contributed by atoms with van der Waals surface area (Å²) in [6.45, 7) is 1.67. The number of hydrogen-bond donors (Lipinski definition) is 2. The van der Waals surface area contributed by atoms with Crippen molar-refractivity contribution >= 4 is 24.0 Å². The number of benzene rings is 3. The first-order valence-corrected chi connectivity index (χ1v) is 10.6. The molecule has 0 fully saturated rings. The highest BCUT2D eigenvalue weighted by atomic mass is 16.5. The molecule has 3 aromatic rings. The van der Waals surface area contributed by atoms with Gasteiger partial charge < -0.3 is 19.5 Å². The molecule has 0 saturated heterocycles. The summed E-state index contributed by atoms with van der Waals surface area (Å²) in [6.07, 6.45) is 1.43. The number of nitrogens with zero attached hydrogens (tertiary/aromatic N) is 1. The van der Waals surface area contributed by atoms with Gasteiger partial charge >= 0.3 is 5.97 Å². The van der Waals surface area contributed by atoms with Gasteiger partial charge in [-0.1, -0.05) is 17.7 Å². The summed E-state index contributed by atoms with van der Waals surface area (Å²) in [4.78, 5) is 36.4. The largest absolute Gasteiger partial charge is 0.493 e. The summed E-state index contributed by atoms with van der Waals surface area (Å²) in [6, 6.07) is 18.4. The molecular weight excluding hydrogens is 450 g/mol. The van der Waals surface area contributed by atoms with E-state index in [1.54, 1.807) is 54.6 Å². The molecule has 0 saturated carbocycles. The maximum atomic E-state index is 12.4. The van der Waals surface area contributed by atoms with E-state index >= 15 is 0 Å². The van der Waals surface area contributed by atoms with E-state index in [4.69, 9.17) is 14.2 Å². The standard InChI is InChI=1S/C26H25N3O6/c1-17-5-4-6-19(13-17)25(31)27-16-24(30)29-28-15-18-7-10-21(11-8-18)35-26(32)20-9-12-22(33-2)23(14-20)34-3/h4-15H,16H2,1-3H3,(H,27,31)(H,29,30)/b28-15+. The van der Waals surface area contributed by atoms with Crippen LogP contribution in [0.15, 0.2) is 71.8 Å². The fraction of sp³-hybridized carbons (Fsp3) is 0.154. The van der Waals surface area contributed by atoms with Crippen LogP contribution in [-0.4, -0.2) is 44.8 Å². The predicted octanol–water partition coefficient (Wildman–Crippen LogP) is 3.11. The number of esters is 1. The molecule has 0 aliphatic carbocycles. The van der Waals surface area contributed by atoms with Gasteiger partial charge in [-0.25, -0.2) is 10.2 Å². The highest BCUT2D eigenvalue weighted by molar-refractivity contribution is 5.96. The van der Waals surface area contributed by atoms with E-state index in [2.05, 4.69) is 15.8 Å². The molecule has 0 aromatic heterocycles. The van der Waals surface area contributed by atoms with Gasteiger partial charge in [0.2, 0.25) is 0 Å². The topological polar surface area (TPSA) is 115 Å². The Balaban J connectivity index is 1.48. The van der Waals surface area contributed by atoms with Gasteiger partial charge in [0.25, 0.3) is 11.8 Å². The zero-order valence-electron chi connectivity index (χ0n) is 19.5. The van der Waals surface area contributed by atoms with Crippen molar-refractivity contribution < 1.29 is 28.6 Å². The lowest BCUT2D eigenvalue weighted by molar-refractivity contribution is -0.120. The zero-order valence-corrected chi connectivity index (χ0v) is 19.5. The molecule has 0 bridgehead atoms. The molecule has 2 amide bonds. The van der Waals surface area contributed by atoms with Gasteiger partial charge in [-0.3, -0.25) is 9.59 Å². The second kappa shape index (κ2) is 12.0. The SMILES string of the molecule is COc1ccc(C(=O)Oc2ccc(/C=N/NC(=O)CNC(=O)c3cccc(C)c3)cc2)cc1OC. The first-order chi connectivity index (χ1) is 16.9. The van der Waals surface area contributed by atoms with Gasteiger partial charge in [-0.2, -0.15) is 5.10 Å². The van der Waals surface area contributed by atoms with Crippen molar-refractivity contribution in [3.63, 3.8) is 0 Å². The van der Waals surface area contributed by atoms with Crippen LogP contribution >= 0.6 is 0 Å². The summed E-state index contributed by atoms with van der Waals surface area (Å²) < 4.78 is 15.7. The first-order valence-electron chi connectivity index (χ1n) is 10.6. The molecule has 35 heavy (non-hydrogen) atoms. The molecule has 3 rings (SSSR count). The van der Waals surface area contributed by atoms with Gasteiger partial charge in [-0.05, 0) is 67.1 Å². The Hall–Kier alpha value is -4.66. The fourth-order valence-corrected chi connectivity index (χ4v) is 3.02. The van der Waals surface area contributed by atoms with Crippen LogP contribution in [0, 0.1) is 6.92 Å². The number of ether oxygens (including phenoxy) is 3. The summed E-state index contributed by atoms with van der Waals surface area (Å²) in [7, 11) is 2.99. The molecule has 0 atom stereocenters. The van der Waals surface area contributed by atoms with Crippen LogP contribution in [-0.2, 0) is 4.79 Å². The number of hydrazone groups is 1. The Bertz CT molecular complexity index is 1240. The van der Waals surface area contributed by atoms with Gasteiger partial charge in [0.05, 0.1) is 32.5 Å². The zero-order chi connectivity index (χ0) is 25.2. The van der Waals surface area contributed by atoms with Gasteiger partial charge in [0.1, 0.15) is 5.75 Å². The predicted molar refractivity (Wildman–Crippen MR) is 130 cm³/mol. The average Bonchev–Trinajstić information content (AvgIpc) is 2.87. The average molecular weight is 476 g/mol. The second-order valence-corrected chi connectivity index (χ2v) is 7.37. The minimum absolute atomic E-state index is 0.213. The quantitative estimate of drug-likeness (QED) is 0.213. The van der Waals surface area contributed by atoms with E-state index in [1.165, 1.54) is 26.5 Å². The number of carbonyl (C=O) groups excluding carboxylic acids is 3. The molecule has 0 aliphatic rings. The number of rotatable bonds is 9. The van der Waals surface area contributed by atoms with Crippen LogP contribution in [0.5, 0.6) is 17.2 Å². The minimum atomic E-state index is -0.549. The lowest BCUT2D eigenvalue weighted by Gasteiger charge is -2.09. The van der Waals surface area contributed by atoms with Gasteiger partial charge in [0, 0.05) is 5.56 Å². The van der Waals surface area contributed by atoms with E-state index in [-0.39, 0.29) is 12.5 Å². The van der Waals surface area contributed by atoms with Crippen LogP contribution in [0.3, 0.4) is 0 Å². The van der Waals surface area contributed by atoms with E-state index in [1.807, 2.05) is 13.0 Å². The van der Waals surface area contributed by atoms with Gasteiger partial charge in [-0.15, -0.1) is 0 Å². The van der Waals surface area contributed by atoms with Crippen LogP contribution in [0.25, 0.3) is 0 Å². The van der Waals surface area contributed by atoms with Crippen molar-refractivity contribution in [1.29, 1.82) is 0 Å². The van der Waals surface area contributed by atoms with E-state index in [0.29, 0.717) is 33.9 Å². The van der Waals surface area contributed by atoms with E-state index < -0.39 is 11.9 Å². The van der Waals surface area contributed by atoms with Crippen molar-refractivity contribution in [1.82, 2.24) is 10.7 Å². The number of nitrogens with one attached hydrogen (secondary N) is 2. The molecular formula is C26H25N3O6. The minimum Gasteiger partial charge on any atom is -0.493 e. The Morgan fingerprint density at radius 2 is 1.63 bits per heavy atom. The number of hydrogen-bond acceptors (Lipinski definition) is 7. The van der Waals surface area contributed by atoms with Crippen LogP contribution < -0.4 is 25.0 Å². The lowest BCUT2D eigenvalue weighted by Crippen LogP contribution is -2.34. The lowest BCUT2D eigenvalue weighted by atomic mass is 10.1. The maximum Gasteiger partial charge on any atom is 0.343 e. The third-order valence-corrected chi connectivity index (χ3v) is 4.80. The van der Waals surface area contributed by atoms with Crippen LogP contribution in [0.1, 0.15) is 31.8 Å². The molecule has 180 valence electrons. The van der Waals surface area contributed by atoms with Crippen molar-refractivity contribution in [2.45, 2.75) is 6.92 Å². The Morgan fingerprint density at radius 3 is 2.31 bits per heavy atom. The monoisotopic (exact) mass is 475 g/mol. The third-order valence-electron chi connectivity index (χ3n) is 4.80. The fourth-order valence-electron chi connectivity index (χ4n) is 3.02. The molecule has 0 aliphatic heterocycles. The molecule has 0 unspecified atom stereocenters. The van der Waals surface area contributed by atoms with Crippen molar-refractivity contribution in [2.75, 3.05) is 20.8 Å². The van der Waals surface area contributed by atoms with Crippen molar-refractivity contribution in [3.8, 4) is 17.2 Å². The molecule has 3 aromatic carbocycles. The molecule has 2 N–H and O–H groups in total. The van der Waals surface area contributed by atoms with E-state index in [0.717, 1.165) is 5.56 Å². The number of methoxy groups -OCH3 is 2.